The van der Waals surface area contributed by atoms with Gasteiger partial charge >= 0.3 is 0 Å². The Balaban J connectivity index is 0.000000329. The summed E-state index contributed by atoms with van der Waals surface area (Å²) in [6.07, 6.45) is 46.1. The summed E-state index contributed by atoms with van der Waals surface area (Å²) in [4.78, 5) is 11.9. The van der Waals surface area contributed by atoms with Crippen molar-refractivity contribution in [3.05, 3.63) is 209 Å². The molecule has 7 aromatic carbocycles. The van der Waals surface area contributed by atoms with Crippen molar-refractivity contribution < 1.29 is 40.5 Å². The Bertz CT molecular complexity index is 3820. The van der Waals surface area contributed by atoms with Gasteiger partial charge in [0.05, 0.1) is 42.2 Å². The average Bonchev–Trinajstić information content (AvgIpc) is 1.32. The van der Waals surface area contributed by atoms with Crippen LogP contribution in [0.5, 0.6) is 0 Å². The van der Waals surface area contributed by atoms with Crippen LogP contribution >= 0.6 is 0 Å². The fourth-order valence-electron chi connectivity index (χ4n) is 18.9. The summed E-state index contributed by atoms with van der Waals surface area (Å²) in [5, 5.41) is 95.2. The van der Waals surface area contributed by atoms with Crippen molar-refractivity contribution in [1.82, 2.24) is 0 Å². The molecule has 3 saturated carbocycles. The summed E-state index contributed by atoms with van der Waals surface area (Å²) in [7, 11) is 0. The maximum Gasteiger partial charge on any atom is 0.162 e. The van der Waals surface area contributed by atoms with Gasteiger partial charge in [0, 0.05) is 97.6 Å². The van der Waals surface area contributed by atoms with Crippen LogP contribution in [0.2, 0.25) is 0 Å². The standard InChI is InChI=1S/C18H29NO2.2C18H31NO.2C17H27NO.C16H25NO.C16H27NO/c1-4-8-17(20)15-9-7-10-16(13-15)19-14-18(21,11-5-2)12-6-3;2*1-4-8-15(9-5-2)14-19-17-12-7-11-16(13-17)18(20)10-6-3;2*1-2-7-17(19)15-10-6-11-16(12-15)18-13-14-8-4-3-5-9-14;1-2-6-16(18)14-9-5-10-15(11-14)17-12-13-7-3-4-8-13;1-4-8-16(18)14-9-7-10-15(11-14)17-12-13(5-2)6-3/h7,9-10,13,19,21H,4-6,8,11-12,14H2,1-3H3;2*7,11-13,15,18-20H,4-6,8-10,14H2,1-3H3;2*6,10-12,14,17-19H,2-5,7-9,13H2,1H3;5,9-11,13,16-18H,2-4,6-8,12H2,1H3;7,9-11,13,16-18H,4-6,8,12H2,1-3H3. The van der Waals surface area contributed by atoms with E-state index in [4.69, 9.17) is 0 Å². The zero-order valence-corrected chi connectivity index (χ0v) is 87.8. The van der Waals surface area contributed by atoms with Crippen LogP contribution in [0.15, 0.2) is 170 Å². The number of carbonyl (C=O) groups is 1. The summed E-state index contributed by atoms with van der Waals surface area (Å²) in [5.41, 5.74) is 14.0. The van der Waals surface area contributed by atoms with E-state index >= 15 is 0 Å². The first kappa shape index (κ1) is 120. The zero-order chi connectivity index (χ0) is 98.5. The van der Waals surface area contributed by atoms with E-state index in [0.717, 1.165) is 263 Å². The molecule has 6 atom stereocenters. The first-order chi connectivity index (χ1) is 65.5. The third-order valence-corrected chi connectivity index (χ3v) is 27.2. The first-order valence-corrected chi connectivity index (χ1v) is 54.8. The number of rotatable bonds is 56. The van der Waals surface area contributed by atoms with Gasteiger partial charge in [-0.3, -0.25) is 4.79 Å². The van der Waals surface area contributed by atoms with Gasteiger partial charge in [0.2, 0.25) is 0 Å². The van der Waals surface area contributed by atoms with Gasteiger partial charge in [-0.15, -0.1) is 0 Å². The van der Waals surface area contributed by atoms with E-state index in [2.05, 4.69) is 207 Å². The van der Waals surface area contributed by atoms with Crippen molar-refractivity contribution in [1.29, 1.82) is 0 Å². The third-order valence-electron chi connectivity index (χ3n) is 27.2. The zero-order valence-electron chi connectivity index (χ0n) is 87.8. The normalized spacial score (nSPS) is 14.7. The van der Waals surface area contributed by atoms with E-state index in [1.807, 2.05) is 104 Å². The molecule has 15 nitrogen and oxygen atoms in total. The molecule has 7 aromatic rings. The molecule has 3 aliphatic carbocycles. The van der Waals surface area contributed by atoms with Crippen molar-refractivity contribution in [3.8, 4) is 0 Å². The molecule has 135 heavy (non-hydrogen) atoms. The van der Waals surface area contributed by atoms with Crippen molar-refractivity contribution in [2.45, 2.75) is 416 Å². The Morgan fingerprint density at radius 1 is 0.281 bits per heavy atom. The second-order valence-electron chi connectivity index (χ2n) is 39.4. The predicted octanol–water partition coefficient (Wildman–Crippen LogP) is 32.2. The van der Waals surface area contributed by atoms with Crippen LogP contribution in [0.25, 0.3) is 0 Å². The minimum atomic E-state index is -0.660. The molecule has 0 saturated heterocycles. The van der Waals surface area contributed by atoms with Gasteiger partial charge in [-0.2, -0.15) is 0 Å². The smallest absolute Gasteiger partial charge is 0.162 e. The van der Waals surface area contributed by atoms with Gasteiger partial charge in [-0.25, -0.2) is 0 Å². The number of Topliss-reactive ketones (excluding diaryl/α,β-unsaturated/α-hetero) is 1. The average molecular weight is 1870 g/mol. The highest BCUT2D eigenvalue weighted by molar-refractivity contribution is 5.96. The minimum Gasteiger partial charge on any atom is -0.388 e. The molecule has 0 spiro atoms. The fraction of sp³-hybridized carbons (Fsp3) is 0.642. The second-order valence-corrected chi connectivity index (χ2v) is 39.4. The van der Waals surface area contributed by atoms with E-state index in [9.17, 15) is 40.5 Å². The van der Waals surface area contributed by atoms with Crippen LogP contribution in [0.4, 0.5) is 39.8 Å². The number of aliphatic hydroxyl groups is 7. The Labute approximate surface area is 824 Å². The number of nitrogens with one attached hydrogen (secondary N) is 7. The van der Waals surface area contributed by atoms with Gasteiger partial charge in [0.25, 0.3) is 0 Å². The maximum atomic E-state index is 11.9. The van der Waals surface area contributed by atoms with E-state index < -0.39 is 5.60 Å². The van der Waals surface area contributed by atoms with Gasteiger partial charge in [-0.1, -0.05) is 330 Å². The first-order valence-electron chi connectivity index (χ1n) is 54.8. The van der Waals surface area contributed by atoms with Crippen LogP contribution in [0.1, 0.15) is 454 Å². The van der Waals surface area contributed by atoms with Crippen LogP contribution in [0, 0.1) is 35.5 Å². The number of anilines is 7. The molecule has 15 heteroatoms. The maximum absolute atomic E-state index is 11.9. The number of ketones is 1. The molecule has 760 valence electrons. The quantitative estimate of drug-likeness (QED) is 0.0159. The van der Waals surface area contributed by atoms with Crippen molar-refractivity contribution >= 4 is 45.6 Å². The summed E-state index contributed by atoms with van der Waals surface area (Å²) in [5.74, 6) is 4.93. The fourth-order valence-corrected chi connectivity index (χ4v) is 18.9. The van der Waals surface area contributed by atoms with Gasteiger partial charge in [0.15, 0.2) is 5.78 Å². The van der Waals surface area contributed by atoms with E-state index in [1.165, 1.54) is 154 Å². The lowest BCUT2D eigenvalue weighted by Crippen LogP contribution is -2.36. The third kappa shape index (κ3) is 51.9. The van der Waals surface area contributed by atoms with Gasteiger partial charge in [0.1, 0.15) is 0 Å². The molecule has 3 fully saturated rings. The molecule has 10 rings (SSSR count). The lowest BCUT2D eigenvalue weighted by atomic mass is 9.89. The number of aliphatic hydroxyl groups excluding tert-OH is 6. The number of benzene rings is 7. The second kappa shape index (κ2) is 74.6. The number of carbonyl (C=O) groups excluding carboxylic acids is 1. The highest BCUT2D eigenvalue weighted by Gasteiger charge is 2.26. The van der Waals surface area contributed by atoms with Crippen molar-refractivity contribution in [2.75, 3.05) is 83.0 Å². The van der Waals surface area contributed by atoms with E-state index in [-0.39, 0.29) is 42.4 Å². The largest absolute Gasteiger partial charge is 0.388 e. The topological polar surface area (TPSA) is 243 Å². The molecule has 0 amide bonds. The molecule has 14 N–H and O–H groups in total. The molecule has 0 bridgehead atoms. The van der Waals surface area contributed by atoms with Crippen molar-refractivity contribution in [3.63, 3.8) is 0 Å². The summed E-state index contributed by atoms with van der Waals surface area (Å²) in [6.45, 7) is 39.1. The summed E-state index contributed by atoms with van der Waals surface area (Å²) in [6, 6.07) is 57.0. The molecule has 6 unspecified atom stereocenters. The number of hydrogen-bond donors (Lipinski definition) is 14. The molecule has 0 heterocycles. The Kier molecular flexibility index (Phi) is 66.2. The summed E-state index contributed by atoms with van der Waals surface area (Å²) >= 11 is 0. The highest BCUT2D eigenvalue weighted by atomic mass is 16.3. The molecular formula is C120H197N7O8. The van der Waals surface area contributed by atoms with Crippen LogP contribution in [-0.2, 0) is 0 Å². The summed E-state index contributed by atoms with van der Waals surface area (Å²) < 4.78 is 0. The van der Waals surface area contributed by atoms with E-state index in [1.54, 1.807) is 0 Å². The molecule has 0 aromatic heterocycles. The van der Waals surface area contributed by atoms with Gasteiger partial charge in [-0.05, 0) is 276 Å². The molecule has 0 aliphatic heterocycles. The Hall–Kier alpha value is -7.47. The van der Waals surface area contributed by atoms with Crippen LogP contribution < -0.4 is 37.2 Å². The minimum absolute atomic E-state index is 0.179. The van der Waals surface area contributed by atoms with Crippen LogP contribution in [0.3, 0.4) is 0 Å². The molecular weight excluding hydrogens is 1670 g/mol. The SMILES string of the molecule is CCCC(=O)c1cccc(NCC(O)(CCC)CCC)c1.CCCC(CCC)CNc1cccc(C(O)CCC)c1.CCCC(CCC)CNc1cccc(C(O)CCC)c1.CCCC(O)c1cccc(NCC(CC)CC)c1.CCCC(O)c1cccc(NCC2CCCC2)c1.CCCC(O)c1cccc(NCC2CCCCC2)c1.CCCC(O)c1cccc(NCC2CCCCC2)c1. The Morgan fingerprint density at radius 3 is 0.763 bits per heavy atom. The van der Waals surface area contributed by atoms with Crippen molar-refractivity contribution in [2.24, 2.45) is 35.5 Å². The Morgan fingerprint density at radius 2 is 0.519 bits per heavy atom. The number of hydrogen-bond acceptors (Lipinski definition) is 15. The lowest BCUT2D eigenvalue weighted by Gasteiger charge is -2.28. The lowest BCUT2D eigenvalue weighted by molar-refractivity contribution is 0.0343. The molecule has 0 radical (unpaired) electrons. The monoisotopic (exact) mass is 1860 g/mol. The van der Waals surface area contributed by atoms with E-state index in [0.29, 0.717) is 13.0 Å². The highest BCUT2D eigenvalue weighted by Crippen LogP contribution is 2.33. The van der Waals surface area contributed by atoms with Gasteiger partial charge < -0.3 is 73.0 Å². The molecule has 3 aliphatic rings. The van der Waals surface area contributed by atoms with Crippen LogP contribution in [-0.4, -0.2) is 92.9 Å². The predicted molar refractivity (Wildman–Crippen MR) is 584 cm³/mol.